The Morgan fingerprint density at radius 2 is 2.62 bits per heavy atom. The van der Waals surface area contributed by atoms with E-state index < -0.39 is 0 Å². The minimum Gasteiger partial charge on any atom is -0.249 e. The van der Waals surface area contributed by atoms with Gasteiger partial charge in [-0.25, -0.2) is 4.98 Å². The molecule has 1 aromatic rings. The van der Waals surface area contributed by atoms with Gasteiger partial charge in [-0.05, 0) is 34.5 Å². The van der Waals surface area contributed by atoms with Gasteiger partial charge >= 0.3 is 0 Å². The highest BCUT2D eigenvalue weighted by molar-refractivity contribution is 9.10. The number of aromatic nitrogens is 1. The van der Waals surface area contributed by atoms with Crippen LogP contribution < -0.4 is 0 Å². The Morgan fingerprint density at radius 3 is 3.12 bits per heavy atom. The summed E-state index contributed by atoms with van der Waals surface area (Å²) >= 11 is 3.20. The average Bonchev–Trinajstić information content (AvgIpc) is 1.90. The molecule has 0 aliphatic rings. The third kappa shape index (κ3) is 1.30. The lowest BCUT2D eigenvalue weighted by atomic mass is 10.3. The zero-order chi connectivity index (χ0) is 6.69. The molecule has 1 rings (SSSR count). The van der Waals surface area contributed by atoms with E-state index in [2.05, 4.69) is 20.9 Å². The van der Waals surface area contributed by atoms with Gasteiger partial charge in [-0.15, -0.1) is 0 Å². The number of aryl methyl sites for hydroxylation is 1. The molecule has 0 spiro atoms. The first-order valence-corrected chi connectivity index (χ1v) is 3.02. The predicted octanol–water partition coefficient (Wildman–Crippen LogP) is 2.15. The van der Waals surface area contributed by atoms with Crippen molar-refractivity contribution >= 4 is 15.9 Å². The van der Waals surface area contributed by atoms with Crippen LogP contribution in [0, 0.1) is 6.90 Å². The Bertz CT molecular complexity index is 185. The second-order valence-electron chi connectivity index (χ2n) is 1.49. The van der Waals surface area contributed by atoms with Gasteiger partial charge in [0.2, 0.25) is 0 Å². The summed E-state index contributed by atoms with van der Waals surface area (Å²) < 4.78 is 7.78. The van der Waals surface area contributed by atoms with E-state index in [1.165, 1.54) is 0 Å². The minimum absolute atomic E-state index is 0.306. The zero-order valence-corrected chi connectivity index (χ0v) is 5.85. The van der Waals surface area contributed by atoms with Crippen molar-refractivity contribution in [2.45, 2.75) is 6.90 Å². The van der Waals surface area contributed by atoms with Crippen LogP contribution >= 0.6 is 15.9 Å². The molecule has 0 fully saturated rings. The highest BCUT2D eigenvalue weighted by Crippen LogP contribution is 2.04. The topological polar surface area (TPSA) is 12.9 Å². The Morgan fingerprint density at radius 1 is 1.75 bits per heavy atom. The quantitative estimate of drug-likeness (QED) is 0.547. The van der Waals surface area contributed by atoms with E-state index >= 15 is 0 Å². The zero-order valence-electron chi connectivity index (χ0n) is 5.26. The van der Waals surface area contributed by atoms with Gasteiger partial charge in [-0.3, -0.25) is 0 Å². The number of nitrogens with zero attached hydrogens (tertiary/aromatic N) is 1. The van der Waals surface area contributed by atoms with Crippen LogP contribution in [0.15, 0.2) is 22.9 Å². The molecule has 0 amide bonds. The molecule has 0 saturated heterocycles. The van der Waals surface area contributed by atoms with Crippen molar-refractivity contribution in [3.05, 3.63) is 28.5 Å². The third-order valence-corrected chi connectivity index (χ3v) is 1.26. The van der Waals surface area contributed by atoms with Gasteiger partial charge in [0.1, 0.15) is 4.60 Å². The van der Waals surface area contributed by atoms with E-state index in [0.29, 0.717) is 6.90 Å². The summed E-state index contributed by atoms with van der Waals surface area (Å²) in [5.74, 6) is 0. The van der Waals surface area contributed by atoms with E-state index in [1.54, 1.807) is 6.20 Å². The summed E-state index contributed by atoms with van der Waals surface area (Å²) in [6, 6.07) is 3.72. The van der Waals surface area contributed by atoms with E-state index in [-0.39, 0.29) is 0 Å². The second-order valence-corrected chi connectivity index (χ2v) is 2.30. The van der Waals surface area contributed by atoms with Crippen LogP contribution in [-0.4, -0.2) is 4.98 Å². The first kappa shape index (κ1) is 4.50. The smallest absolute Gasteiger partial charge is 0.106 e. The van der Waals surface area contributed by atoms with Crippen LogP contribution in [-0.2, 0) is 0 Å². The molecule has 0 aliphatic carbocycles. The monoisotopic (exact) mass is 172 g/mol. The molecule has 0 N–H and O–H groups in total. The molecular formula is C6H6BrN. The number of pyridine rings is 1. The maximum absolute atomic E-state index is 6.96. The van der Waals surface area contributed by atoms with Gasteiger partial charge < -0.3 is 0 Å². The Hall–Kier alpha value is -0.370. The van der Waals surface area contributed by atoms with E-state index in [1.807, 2.05) is 12.1 Å². The maximum atomic E-state index is 6.96. The predicted molar refractivity (Wildman–Crippen MR) is 36.7 cm³/mol. The van der Waals surface area contributed by atoms with Gasteiger partial charge in [-0.1, -0.05) is 6.07 Å². The highest BCUT2D eigenvalue weighted by atomic mass is 79.9. The van der Waals surface area contributed by atoms with Crippen molar-refractivity contribution in [3.8, 4) is 0 Å². The molecule has 1 aromatic heterocycles. The first-order valence-electron chi connectivity index (χ1n) is 2.93. The molecular weight excluding hydrogens is 166 g/mol. The van der Waals surface area contributed by atoms with Crippen molar-refractivity contribution in [1.82, 2.24) is 4.98 Å². The van der Waals surface area contributed by atoms with E-state index in [0.717, 1.165) is 10.2 Å². The summed E-state index contributed by atoms with van der Waals surface area (Å²) in [4.78, 5) is 3.95. The lowest BCUT2D eigenvalue weighted by Gasteiger charge is -1.87. The molecule has 0 aliphatic heterocycles. The summed E-state index contributed by atoms with van der Waals surface area (Å²) in [7, 11) is 0. The van der Waals surface area contributed by atoms with Crippen molar-refractivity contribution in [1.29, 1.82) is 0 Å². The summed E-state index contributed by atoms with van der Waals surface area (Å²) in [6.07, 6.45) is 1.69. The first-order chi connectivity index (χ1) is 4.33. The molecule has 8 heavy (non-hydrogen) atoms. The van der Waals surface area contributed by atoms with Crippen molar-refractivity contribution in [2.24, 2.45) is 0 Å². The fourth-order valence-corrected chi connectivity index (χ4v) is 0.641. The lowest BCUT2D eigenvalue weighted by Crippen LogP contribution is -1.74. The van der Waals surface area contributed by atoms with Gasteiger partial charge in [-0.2, -0.15) is 0 Å². The molecule has 0 bridgehead atoms. The second kappa shape index (κ2) is 2.27. The average molecular weight is 173 g/mol. The Balaban J connectivity index is 2.88. The number of hydrogen-bond donors (Lipinski definition) is 0. The Labute approximate surface area is 58.3 Å². The van der Waals surface area contributed by atoms with Crippen molar-refractivity contribution in [3.63, 3.8) is 0 Å². The summed E-state index contributed by atoms with van der Waals surface area (Å²) in [6.45, 7) is 0.306. The molecule has 2 heteroatoms. The largest absolute Gasteiger partial charge is 0.249 e. The molecule has 1 heterocycles. The molecule has 0 atom stereocenters. The summed E-state index contributed by atoms with van der Waals surface area (Å²) in [5.41, 5.74) is 0.943. The fourth-order valence-electron chi connectivity index (χ4n) is 0.406. The molecule has 0 radical (unpaired) electrons. The van der Waals surface area contributed by atoms with E-state index in [9.17, 15) is 0 Å². The van der Waals surface area contributed by atoms with Crippen LogP contribution in [0.1, 0.15) is 6.93 Å². The lowest BCUT2D eigenvalue weighted by molar-refractivity contribution is 1.23. The normalized spacial score (nSPS) is 10.9. The number of halogens is 1. The van der Waals surface area contributed by atoms with Crippen LogP contribution in [0.25, 0.3) is 0 Å². The standard InChI is InChI=1S/C6H6BrN/c1-5-2-3-6(7)8-4-5/h2-4H,1H3/i1D. The van der Waals surface area contributed by atoms with Crippen molar-refractivity contribution in [2.75, 3.05) is 0 Å². The van der Waals surface area contributed by atoms with Crippen molar-refractivity contribution < 1.29 is 1.37 Å². The molecule has 0 unspecified atom stereocenters. The molecule has 0 aromatic carbocycles. The molecule has 1 nitrogen and oxygen atoms in total. The Kier molecular flexibility index (Phi) is 1.28. The van der Waals surface area contributed by atoms with Gasteiger partial charge in [0, 0.05) is 7.57 Å². The van der Waals surface area contributed by atoms with Gasteiger partial charge in [0.05, 0.1) is 0 Å². The number of rotatable bonds is 0. The van der Waals surface area contributed by atoms with Gasteiger partial charge in [0.25, 0.3) is 0 Å². The number of hydrogen-bond acceptors (Lipinski definition) is 1. The van der Waals surface area contributed by atoms with Crippen LogP contribution in [0.5, 0.6) is 0 Å². The fraction of sp³-hybridized carbons (Fsp3) is 0.167. The highest BCUT2D eigenvalue weighted by Gasteiger charge is 1.82. The van der Waals surface area contributed by atoms with Gasteiger partial charge in [0.15, 0.2) is 0 Å². The third-order valence-electron chi connectivity index (χ3n) is 0.789. The SMILES string of the molecule is [2H]Cc1ccc(Br)nc1. The molecule has 42 valence electrons. The van der Waals surface area contributed by atoms with Crippen LogP contribution in [0.3, 0.4) is 0 Å². The summed E-state index contributed by atoms with van der Waals surface area (Å²) in [5, 5.41) is 0. The molecule has 0 saturated carbocycles. The van der Waals surface area contributed by atoms with Crippen LogP contribution in [0.2, 0.25) is 0 Å². The maximum Gasteiger partial charge on any atom is 0.106 e. The van der Waals surface area contributed by atoms with Crippen LogP contribution in [0.4, 0.5) is 0 Å². The minimum atomic E-state index is 0.306. The van der Waals surface area contributed by atoms with E-state index in [4.69, 9.17) is 1.37 Å².